The van der Waals surface area contributed by atoms with E-state index in [9.17, 15) is 13.2 Å². The molecule has 0 unspecified atom stereocenters. The molecule has 1 aliphatic rings. The minimum atomic E-state index is -4.49. The molecule has 0 saturated carbocycles. The molecule has 0 aromatic heterocycles. The van der Waals surface area contributed by atoms with E-state index in [2.05, 4.69) is 26.0 Å². The van der Waals surface area contributed by atoms with Crippen LogP contribution in [0.4, 0.5) is 18.9 Å². The fourth-order valence-electron chi connectivity index (χ4n) is 1.50. The van der Waals surface area contributed by atoms with Crippen molar-refractivity contribution in [3.05, 3.63) is 23.8 Å². The van der Waals surface area contributed by atoms with Crippen molar-refractivity contribution in [3.8, 4) is 5.75 Å². The lowest BCUT2D eigenvalue weighted by molar-refractivity contribution is -0.137. The molecular formula is C11H11F3N6O. The molecule has 0 fully saturated rings. The Morgan fingerprint density at radius 2 is 2.05 bits per heavy atom. The van der Waals surface area contributed by atoms with Gasteiger partial charge in [-0.15, -0.1) is 15.3 Å². The van der Waals surface area contributed by atoms with Gasteiger partial charge in [0.1, 0.15) is 11.6 Å². The fourth-order valence-corrected chi connectivity index (χ4v) is 1.50. The quantitative estimate of drug-likeness (QED) is 0.663. The van der Waals surface area contributed by atoms with Gasteiger partial charge < -0.3 is 10.5 Å². The number of alkyl halides is 3. The van der Waals surface area contributed by atoms with E-state index in [1.807, 2.05) is 0 Å². The second-order valence-corrected chi connectivity index (χ2v) is 4.04. The monoisotopic (exact) mass is 300 g/mol. The topological polar surface area (TPSA) is 96.7 Å². The highest BCUT2D eigenvalue weighted by atomic mass is 19.4. The van der Waals surface area contributed by atoms with E-state index in [-0.39, 0.29) is 23.7 Å². The Bertz CT molecular complexity index is 623. The number of amidine groups is 2. The number of benzene rings is 1. The van der Waals surface area contributed by atoms with Gasteiger partial charge in [-0.05, 0) is 12.1 Å². The number of anilines is 1. The Labute approximate surface area is 117 Å². The van der Waals surface area contributed by atoms with E-state index in [4.69, 9.17) is 10.5 Å². The normalized spacial score (nSPS) is 15.0. The van der Waals surface area contributed by atoms with Crippen LogP contribution in [-0.2, 0) is 6.18 Å². The maximum absolute atomic E-state index is 12.7. The molecule has 0 bridgehead atoms. The van der Waals surface area contributed by atoms with Crippen molar-refractivity contribution in [2.24, 2.45) is 26.3 Å². The maximum atomic E-state index is 12.7. The number of ether oxygens (including phenoxy) is 1. The highest BCUT2D eigenvalue weighted by molar-refractivity contribution is 6.04. The first-order valence-electron chi connectivity index (χ1n) is 5.70. The summed E-state index contributed by atoms with van der Waals surface area (Å²) in [6.45, 7) is 0. The van der Waals surface area contributed by atoms with Crippen LogP contribution >= 0.6 is 0 Å². The number of hydrogen-bond acceptors (Lipinski definition) is 6. The predicted molar refractivity (Wildman–Crippen MR) is 70.1 cm³/mol. The van der Waals surface area contributed by atoms with Crippen molar-refractivity contribution in [2.75, 3.05) is 12.5 Å². The minimum Gasteiger partial charge on any atom is -0.497 e. The molecule has 1 aromatic carbocycles. The van der Waals surface area contributed by atoms with E-state index in [0.29, 0.717) is 5.84 Å². The van der Waals surface area contributed by atoms with Crippen molar-refractivity contribution in [1.29, 1.82) is 0 Å². The number of nitrogens with one attached hydrogen (secondary N) is 1. The van der Waals surface area contributed by atoms with Crippen LogP contribution < -0.4 is 15.9 Å². The molecule has 7 nitrogen and oxygen atoms in total. The smallest absolute Gasteiger partial charge is 0.416 e. The zero-order valence-corrected chi connectivity index (χ0v) is 10.8. The van der Waals surface area contributed by atoms with Gasteiger partial charge in [-0.3, -0.25) is 5.43 Å². The van der Waals surface area contributed by atoms with Crippen molar-refractivity contribution >= 4 is 17.4 Å². The largest absolute Gasteiger partial charge is 0.497 e. The average molecular weight is 300 g/mol. The first-order valence-corrected chi connectivity index (χ1v) is 5.70. The molecule has 0 radical (unpaired) electrons. The van der Waals surface area contributed by atoms with Gasteiger partial charge in [0.25, 0.3) is 0 Å². The third kappa shape index (κ3) is 3.91. The lowest BCUT2D eigenvalue weighted by Gasteiger charge is -2.10. The maximum Gasteiger partial charge on any atom is 0.416 e. The fraction of sp³-hybridized carbons (Fsp3) is 0.273. The molecule has 0 aliphatic carbocycles. The van der Waals surface area contributed by atoms with Crippen molar-refractivity contribution in [1.82, 2.24) is 0 Å². The van der Waals surface area contributed by atoms with E-state index in [1.54, 1.807) is 0 Å². The number of hydrogen-bond donors (Lipinski definition) is 2. The molecule has 3 N–H and O–H groups in total. The third-order valence-corrected chi connectivity index (χ3v) is 2.45. The Morgan fingerprint density at radius 3 is 2.62 bits per heavy atom. The second-order valence-electron chi connectivity index (χ2n) is 4.04. The minimum absolute atomic E-state index is 0.0494. The van der Waals surface area contributed by atoms with Gasteiger partial charge in [0.05, 0.1) is 24.8 Å². The average Bonchev–Trinajstić information content (AvgIpc) is 2.83. The molecule has 1 aliphatic heterocycles. The van der Waals surface area contributed by atoms with Gasteiger partial charge in [0.15, 0.2) is 5.84 Å². The third-order valence-electron chi connectivity index (χ3n) is 2.45. The van der Waals surface area contributed by atoms with Crippen LogP contribution in [0.2, 0.25) is 0 Å². The summed E-state index contributed by atoms with van der Waals surface area (Å²) in [5, 5.41) is 14.4. The van der Waals surface area contributed by atoms with E-state index < -0.39 is 11.7 Å². The van der Waals surface area contributed by atoms with Gasteiger partial charge in [-0.25, -0.2) is 0 Å². The molecule has 112 valence electrons. The molecular weight excluding hydrogens is 289 g/mol. The summed E-state index contributed by atoms with van der Waals surface area (Å²) >= 11 is 0. The molecule has 0 saturated heterocycles. The molecule has 21 heavy (non-hydrogen) atoms. The standard InChI is InChI=1S/C11H11F3N6O/c1-21-8-3-6(11(12,13)14)2-7(4-8)16-20-19-10-5-9(15)17-18-10/h2-4H,5H2,1H3,(H2,15,17)(H,16,18,19). The van der Waals surface area contributed by atoms with E-state index in [0.717, 1.165) is 12.1 Å². The highest BCUT2D eigenvalue weighted by Crippen LogP contribution is 2.34. The van der Waals surface area contributed by atoms with Crippen LogP contribution in [-0.4, -0.2) is 18.8 Å². The number of rotatable bonds is 3. The summed E-state index contributed by atoms with van der Waals surface area (Å²) in [6.07, 6.45) is -4.24. The molecule has 0 amide bonds. The number of halogens is 3. The SMILES string of the molecule is COc1cc(NN=NC2=NN=C(N)C2)cc(C(F)(F)F)c1. The van der Waals surface area contributed by atoms with Crippen LogP contribution in [0.3, 0.4) is 0 Å². The van der Waals surface area contributed by atoms with Gasteiger partial charge in [-0.1, -0.05) is 5.22 Å². The van der Waals surface area contributed by atoms with Crippen molar-refractivity contribution in [2.45, 2.75) is 12.6 Å². The Kier molecular flexibility index (Phi) is 4.05. The summed E-state index contributed by atoms with van der Waals surface area (Å²) in [6, 6.07) is 3.14. The molecule has 1 heterocycles. The van der Waals surface area contributed by atoms with Crippen molar-refractivity contribution in [3.63, 3.8) is 0 Å². The van der Waals surface area contributed by atoms with E-state index >= 15 is 0 Å². The zero-order valence-electron chi connectivity index (χ0n) is 10.8. The second kappa shape index (κ2) is 5.77. The first kappa shape index (κ1) is 14.8. The number of methoxy groups -OCH3 is 1. The first-order chi connectivity index (χ1) is 9.88. The van der Waals surface area contributed by atoms with Gasteiger partial charge in [0.2, 0.25) is 0 Å². The summed E-state index contributed by atoms with van der Waals surface area (Å²) < 4.78 is 42.9. The van der Waals surface area contributed by atoms with Crippen LogP contribution in [0, 0.1) is 0 Å². The molecule has 1 aromatic rings. The summed E-state index contributed by atoms with van der Waals surface area (Å²) in [5.74, 6) is 0.608. The lowest BCUT2D eigenvalue weighted by atomic mass is 10.2. The van der Waals surface area contributed by atoms with Crippen molar-refractivity contribution < 1.29 is 17.9 Å². The summed E-state index contributed by atoms with van der Waals surface area (Å²) in [5.41, 5.74) is 6.99. The van der Waals surface area contributed by atoms with Crippen LogP contribution in [0.5, 0.6) is 5.75 Å². The van der Waals surface area contributed by atoms with Crippen LogP contribution in [0.1, 0.15) is 12.0 Å². The zero-order chi connectivity index (χ0) is 15.5. The Balaban J connectivity index is 2.11. The number of nitrogens with two attached hydrogens (primary N) is 1. The van der Waals surface area contributed by atoms with Gasteiger partial charge in [-0.2, -0.15) is 13.2 Å². The lowest BCUT2D eigenvalue weighted by Crippen LogP contribution is -2.10. The van der Waals surface area contributed by atoms with E-state index in [1.165, 1.54) is 13.2 Å². The molecule has 0 spiro atoms. The van der Waals surface area contributed by atoms with Crippen LogP contribution in [0.15, 0.2) is 38.7 Å². The van der Waals surface area contributed by atoms with Gasteiger partial charge >= 0.3 is 6.18 Å². The summed E-state index contributed by atoms with van der Waals surface area (Å²) in [7, 11) is 1.27. The summed E-state index contributed by atoms with van der Waals surface area (Å²) in [4.78, 5) is 0. The molecule has 2 rings (SSSR count). The Hall–Kier alpha value is -2.65. The van der Waals surface area contributed by atoms with Gasteiger partial charge in [0, 0.05) is 6.07 Å². The van der Waals surface area contributed by atoms with Crippen LogP contribution in [0.25, 0.3) is 0 Å². The number of nitrogens with zero attached hydrogens (tertiary/aromatic N) is 4. The predicted octanol–water partition coefficient (Wildman–Crippen LogP) is 2.57. The molecule has 10 heteroatoms. The molecule has 0 atom stereocenters. The highest BCUT2D eigenvalue weighted by Gasteiger charge is 2.31. The Morgan fingerprint density at radius 1 is 1.29 bits per heavy atom.